The predicted molar refractivity (Wildman–Crippen MR) is 60.5 cm³/mol. The predicted octanol–water partition coefficient (Wildman–Crippen LogP) is 2.85. The number of hydrogen-bond acceptors (Lipinski definition) is 2. The van der Waals surface area contributed by atoms with Crippen LogP contribution in [0.3, 0.4) is 0 Å². The van der Waals surface area contributed by atoms with E-state index in [1.54, 1.807) is 0 Å². The summed E-state index contributed by atoms with van der Waals surface area (Å²) >= 11 is 0. The Kier molecular flexibility index (Phi) is 3.37. The van der Waals surface area contributed by atoms with Crippen LogP contribution >= 0.6 is 0 Å². The minimum Gasteiger partial charge on any atom is -0.299 e. The highest BCUT2D eigenvalue weighted by Gasteiger charge is 2.52. The van der Waals surface area contributed by atoms with E-state index in [1.165, 1.54) is 0 Å². The first-order valence-corrected chi connectivity index (χ1v) is 5.88. The molecule has 0 amide bonds. The van der Waals surface area contributed by atoms with Crippen molar-refractivity contribution in [2.75, 3.05) is 0 Å². The Bertz CT molecular complexity index is 276. The van der Waals surface area contributed by atoms with E-state index in [9.17, 15) is 9.59 Å². The minimum atomic E-state index is -0.350. The van der Waals surface area contributed by atoms with Crippen molar-refractivity contribution in [3.63, 3.8) is 0 Å². The molecule has 0 spiro atoms. The van der Waals surface area contributed by atoms with Crippen LogP contribution in [0.2, 0.25) is 0 Å². The molecule has 0 saturated heterocycles. The third kappa shape index (κ3) is 2.47. The van der Waals surface area contributed by atoms with Crippen LogP contribution in [0.25, 0.3) is 0 Å². The highest BCUT2D eigenvalue weighted by atomic mass is 16.2. The van der Waals surface area contributed by atoms with Gasteiger partial charge in [-0.05, 0) is 18.3 Å². The summed E-state index contributed by atoms with van der Waals surface area (Å²) in [6.07, 6.45) is 1.61. The van der Waals surface area contributed by atoms with E-state index in [-0.39, 0.29) is 34.7 Å². The van der Waals surface area contributed by atoms with Crippen LogP contribution in [0.5, 0.6) is 0 Å². The first kappa shape index (κ1) is 12.4. The maximum absolute atomic E-state index is 12.1. The van der Waals surface area contributed by atoms with Crippen LogP contribution < -0.4 is 0 Å². The first-order valence-electron chi connectivity index (χ1n) is 5.88. The van der Waals surface area contributed by atoms with Crippen molar-refractivity contribution < 1.29 is 9.59 Å². The molecule has 1 aliphatic carbocycles. The van der Waals surface area contributed by atoms with Crippen LogP contribution in [0.4, 0.5) is 0 Å². The van der Waals surface area contributed by atoms with E-state index in [0.29, 0.717) is 6.42 Å². The molecule has 86 valence electrons. The molecule has 0 N–H and O–H groups in total. The van der Waals surface area contributed by atoms with E-state index in [2.05, 4.69) is 13.8 Å². The molecule has 0 bridgehead atoms. The average Bonchev–Trinajstić information content (AvgIpc) is 2.75. The van der Waals surface area contributed by atoms with Crippen molar-refractivity contribution in [2.24, 2.45) is 23.2 Å². The van der Waals surface area contributed by atoms with E-state index in [0.717, 1.165) is 6.42 Å². The van der Waals surface area contributed by atoms with Crippen LogP contribution in [-0.4, -0.2) is 11.6 Å². The van der Waals surface area contributed by atoms with Gasteiger partial charge in [0.2, 0.25) is 0 Å². The smallest absolute Gasteiger partial charge is 0.146 e. The molecule has 1 saturated carbocycles. The van der Waals surface area contributed by atoms with Gasteiger partial charge in [0.25, 0.3) is 0 Å². The van der Waals surface area contributed by atoms with Gasteiger partial charge in [0.15, 0.2) is 0 Å². The van der Waals surface area contributed by atoms with Crippen molar-refractivity contribution >= 4 is 11.6 Å². The summed E-state index contributed by atoms with van der Waals surface area (Å²) in [5.74, 6) is 0.0501. The van der Waals surface area contributed by atoms with Gasteiger partial charge in [0, 0.05) is 11.8 Å². The van der Waals surface area contributed by atoms with Crippen LogP contribution in [0.1, 0.15) is 47.5 Å². The van der Waals surface area contributed by atoms with Gasteiger partial charge in [-0.25, -0.2) is 0 Å². The minimum absolute atomic E-state index is 0.0271. The van der Waals surface area contributed by atoms with Crippen molar-refractivity contribution in [3.05, 3.63) is 0 Å². The second kappa shape index (κ2) is 4.07. The van der Waals surface area contributed by atoms with E-state index >= 15 is 0 Å². The molecule has 0 radical (unpaired) electrons. The second-order valence-corrected chi connectivity index (χ2v) is 5.67. The largest absolute Gasteiger partial charge is 0.299 e. The SMILES string of the molecule is CCC(C(=O)C(C)C)C(=O)C1CC1(C)C. The highest BCUT2D eigenvalue weighted by molar-refractivity contribution is 6.05. The van der Waals surface area contributed by atoms with E-state index in [1.807, 2.05) is 20.8 Å². The lowest BCUT2D eigenvalue weighted by atomic mass is 9.86. The van der Waals surface area contributed by atoms with Gasteiger partial charge in [-0.2, -0.15) is 0 Å². The number of carbonyl (C=O) groups excluding carboxylic acids is 2. The lowest BCUT2D eigenvalue weighted by Gasteiger charge is -2.15. The zero-order valence-corrected chi connectivity index (χ0v) is 10.5. The number of Topliss-reactive ketones (excluding diaryl/α,β-unsaturated/α-hetero) is 2. The van der Waals surface area contributed by atoms with Crippen molar-refractivity contribution in [3.8, 4) is 0 Å². The first-order chi connectivity index (χ1) is 6.81. The Morgan fingerprint density at radius 3 is 2.07 bits per heavy atom. The van der Waals surface area contributed by atoms with E-state index < -0.39 is 0 Å². The topological polar surface area (TPSA) is 34.1 Å². The quantitative estimate of drug-likeness (QED) is 0.654. The third-order valence-electron chi connectivity index (χ3n) is 3.52. The van der Waals surface area contributed by atoms with Crippen molar-refractivity contribution in [2.45, 2.75) is 47.5 Å². The maximum Gasteiger partial charge on any atom is 0.146 e. The molecule has 2 heteroatoms. The number of carbonyl (C=O) groups is 2. The zero-order valence-electron chi connectivity index (χ0n) is 10.5. The fraction of sp³-hybridized carbons (Fsp3) is 0.846. The monoisotopic (exact) mass is 210 g/mol. The summed E-state index contributed by atoms with van der Waals surface area (Å²) in [5.41, 5.74) is 0.141. The summed E-state index contributed by atoms with van der Waals surface area (Å²) in [6.45, 7) is 9.87. The Morgan fingerprint density at radius 1 is 1.33 bits per heavy atom. The molecule has 1 aliphatic rings. The number of rotatable bonds is 5. The van der Waals surface area contributed by atoms with Gasteiger partial charge in [-0.15, -0.1) is 0 Å². The average molecular weight is 210 g/mol. The second-order valence-electron chi connectivity index (χ2n) is 5.67. The summed E-state index contributed by atoms with van der Waals surface area (Å²) in [7, 11) is 0. The lowest BCUT2D eigenvalue weighted by molar-refractivity contribution is -0.135. The van der Waals surface area contributed by atoms with Gasteiger partial charge >= 0.3 is 0 Å². The number of ketones is 2. The Labute approximate surface area is 92.4 Å². The molecule has 0 aromatic rings. The molecular formula is C13H22O2. The molecule has 1 rings (SSSR count). The molecule has 0 heterocycles. The van der Waals surface area contributed by atoms with Crippen molar-refractivity contribution in [1.82, 2.24) is 0 Å². The summed E-state index contributed by atoms with van der Waals surface area (Å²) in [6, 6.07) is 0. The zero-order chi connectivity index (χ0) is 11.8. The molecule has 2 atom stereocenters. The Hall–Kier alpha value is -0.660. The van der Waals surface area contributed by atoms with Gasteiger partial charge < -0.3 is 0 Å². The molecule has 0 aromatic heterocycles. The molecular weight excluding hydrogens is 188 g/mol. The lowest BCUT2D eigenvalue weighted by Crippen LogP contribution is -2.29. The third-order valence-corrected chi connectivity index (χ3v) is 3.52. The summed E-state index contributed by atoms with van der Waals surface area (Å²) in [4.78, 5) is 23.9. The molecule has 1 fully saturated rings. The number of hydrogen-bond donors (Lipinski definition) is 0. The van der Waals surface area contributed by atoms with Gasteiger partial charge in [-0.3, -0.25) is 9.59 Å². The molecule has 2 nitrogen and oxygen atoms in total. The summed E-state index contributed by atoms with van der Waals surface area (Å²) in [5, 5.41) is 0. The van der Waals surface area contributed by atoms with Crippen molar-refractivity contribution in [1.29, 1.82) is 0 Å². The molecule has 0 aliphatic heterocycles. The standard InChI is InChI=1S/C13H22O2/c1-6-9(11(14)8(2)3)12(15)10-7-13(10,4)5/h8-10H,6-7H2,1-5H3. The Morgan fingerprint density at radius 2 is 1.80 bits per heavy atom. The normalized spacial score (nSPS) is 25.1. The highest BCUT2D eigenvalue weighted by Crippen LogP contribution is 2.53. The fourth-order valence-electron chi connectivity index (χ4n) is 2.14. The fourth-order valence-corrected chi connectivity index (χ4v) is 2.14. The maximum atomic E-state index is 12.1. The summed E-state index contributed by atoms with van der Waals surface area (Å²) < 4.78 is 0. The van der Waals surface area contributed by atoms with Crippen LogP contribution in [0, 0.1) is 23.2 Å². The van der Waals surface area contributed by atoms with E-state index in [4.69, 9.17) is 0 Å². The van der Waals surface area contributed by atoms with Crippen LogP contribution in [0.15, 0.2) is 0 Å². The molecule has 2 unspecified atom stereocenters. The Balaban J connectivity index is 2.68. The van der Waals surface area contributed by atoms with Gasteiger partial charge in [0.1, 0.15) is 11.6 Å². The van der Waals surface area contributed by atoms with Gasteiger partial charge in [0.05, 0.1) is 5.92 Å². The van der Waals surface area contributed by atoms with Gasteiger partial charge in [-0.1, -0.05) is 34.6 Å². The van der Waals surface area contributed by atoms with Crippen LogP contribution in [-0.2, 0) is 9.59 Å². The molecule has 0 aromatic carbocycles. The molecule has 15 heavy (non-hydrogen) atoms.